The van der Waals surface area contributed by atoms with Crippen molar-refractivity contribution in [2.45, 2.75) is 33.1 Å². The van der Waals surface area contributed by atoms with Crippen molar-refractivity contribution in [1.29, 1.82) is 0 Å². The second-order valence-electron chi connectivity index (χ2n) is 10.7. The minimum atomic E-state index is 0.0181. The molecule has 5 rings (SSSR count). The van der Waals surface area contributed by atoms with E-state index in [9.17, 15) is 4.79 Å². The molecule has 37 heavy (non-hydrogen) atoms. The Morgan fingerprint density at radius 1 is 1.03 bits per heavy atom. The SMILES string of the molecule is COc1cc(CCN2C(=O)N3CC(C)(C)CCC=C3C3=NCC=C(N4CCOCC4)C=C32)cc(OC)c1. The number of nitrogens with zero attached hydrogens (tertiary/aromatic N) is 4. The fourth-order valence-electron chi connectivity index (χ4n) is 5.45. The second kappa shape index (κ2) is 10.6. The van der Waals surface area contributed by atoms with Gasteiger partial charge in [0, 0.05) is 37.9 Å². The fourth-order valence-corrected chi connectivity index (χ4v) is 5.45. The average molecular weight is 507 g/mol. The molecule has 0 bridgehead atoms. The molecule has 198 valence electrons. The van der Waals surface area contributed by atoms with Crippen LogP contribution in [0.4, 0.5) is 4.79 Å². The summed E-state index contributed by atoms with van der Waals surface area (Å²) >= 11 is 0. The quantitative estimate of drug-likeness (QED) is 0.577. The Balaban J connectivity index is 1.51. The summed E-state index contributed by atoms with van der Waals surface area (Å²) in [7, 11) is 3.31. The van der Waals surface area contributed by atoms with Crippen LogP contribution in [0.2, 0.25) is 0 Å². The summed E-state index contributed by atoms with van der Waals surface area (Å²) in [4.78, 5) is 25.4. The third kappa shape index (κ3) is 5.39. The van der Waals surface area contributed by atoms with E-state index in [-0.39, 0.29) is 11.4 Å². The number of fused-ring (bicyclic) bond motifs is 3. The van der Waals surface area contributed by atoms with Gasteiger partial charge in [0.15, 0.2) is 0 Å². The van der Waals surface area contributed by atoms with E-state index in [1.54, 1.807) is 14.2 Å². The van der Waals surface area contributed by atoms with Gasteiger partial charge in [-0.1, -0.05) is 19.9 Å². The lowest BCUT2D eigenvalue weighted by Gasteiger charge is -2.42. The summed E-state index contributed by atoms with van der Waals surface area (Å²) in [6.07, 6.45) is 9.18. The van der Waals surface area contributed by atoms with Gasteiger partial charge >= 0.3 is 6.03 Å². The number of benzene rings is 1. The monoisotopic (exact) mass is 506 g/mol. The van der Waals surface area contributed by atoms with Crippen molar-refractivity contribution in [2.24, 2.45) is 10.4 Å². The molecule has 0 aromatic heterocycles. The fraction of sp³-hybridized carbons (Fsp3) is 0.517. The van der Waals surface area contributed by atoms with Gasteiger partial charge in [0.05, 0.1) is 45.4 Å². The van der Waals surface area contributed by atoms with Crippen LogP contribution in [0.5, 0.6) is 11.5 Å². The summed E-state index contributed by atoms with van der Waals surface area (Å²) in [5, 5.41) is 0. The predicted octanol–water partition coefficient (Wildman–Crippen LogP) is 4.24. The Kier molecular flexibility index (Phi) is 7.29. The number of carbonyl (C=O) groups is 1. The van der Waals surface area contributed by atoms with Crippen LogP contribution >= 0.6 is 0 Å². The van der Waals surface area contributed by atoms with E-state index in [2.05, 4.69) is 37.0 Å². The summed E-state index contributed by atoms with van der Waals surface area (Å²) in [6.45, 7) is 9.37. The standard InChI is InChI=1S/C29H38N4O4/c1-29(2)9-5-6-25-27-26(18-22(7-10-30-27)31-12-14-37-15-13-31)32(28(34)33(25)20-29)11-8-21-16-23(35-3)19-24(17-21)36-4/h6-7,16-19H,5,8-15,20H2,1-4H3. The number of methoxy groups -OCH3 is 2. The topological polar surface area (TPSA) is 66.8 Å². The number of ether oxygens (including phenoxy) is 3. The predicted molar refractivity (Wildman–Crippen MR) is 144 cm³/mol. The number of amides is 2. The average Bonchev–Trinajstić information content (AvgIpc) is 3.22. The molecule has 2 amide bonds. The lowest BCUT2D eigenvalue weighted by atomic mass is 9.88. The summed E-state index contributed by atoms with van der Waals surface area (Å²) in [5.74, 6) is 1.49. The van der Waals surface area contributed by atoms with Crippen LogP contribution in [0.15, 0.2) is 58.5 Å². The molecule has 4 heterocycles. The molecule has 4 aliphatic rings. The van der Waals surface area contributed by atoms with Gasteiger partial charge in [-0.25, -0.2) is 4.79 Å². The van der Waals surface area contributed by atoms with Crippen molar-refractivity contribution in [1.82, 2.24) is 14.7 Å². The van der Waals surface area contributed by atoms with Gasteiger partial charge in [0.1, 0.15) is 17.2 Å². The van der Waals surface area contributed by atoms with E-state index in [0.29, 0.717) is 39.3 Å². The van der Waals surface area contributed by atoms with Crippen LogP contribution in [0.3, 0.4) is 0 Å². The maximum Gasteiger partial charge on any atom is 0.329 e. The maximum absolute atomic E-state index is 14.1. The van der Waals surface area contributed by atoms with Crippen LogP contribution < -0.4 is 9.47 Å². The molecule has 0 atom stereocenters. The first-order chi connectivity index (χ1) is 17.9. The first-order valence-corrected chi connectivity index (χ1v) is 13.2. The van der Waals surface area contributed by atoms with E-state index in [1.807, 2.05) is 28.0 Å². The Bertz CT molecular complexity index is 1140. The summed E-state index contributed by atoms with van der Waals surface area (Å²) < 4.78 is 16.5. The zero-order valence-electron chi connectivity index (χ0n) is 22.5. The molecule has 0 unspecified atom stereocenters. The number of allylic oxidation sites excluding steroid dienone is 2. The van der Waals surface area contributed by atoms with E-state index in [4.69, 9.17) is 19.2 Å². The van der Waals surface area contributed by atoms with Crippen molar-refractivity contribution in [2.75, 3.05) is 60.2 Å². The molecule has 0 saturated carbocycles. The Hall–Kier alpha value is -3.26. The number of morpholine rings is 1. The van der Waals surface area contributed by atoms with Gasteiger partial charge < -0.3 is 19.1 Å². The highest BCUT2D eigenvalue weighted by Gasteiger charge is 2.41. The first kappa shape index (κ1) is 25.4. The highest BCUT2D eigenvalue weighted by Crippen LogP contribution is 2.37. The molecule has 2 fully saturated rings. The molecule has 0 N–H and O–H groups in total. The van der Waals surface area contributed by atoms with Gasteiger partial charge in [-0.05, 0) is 54.5 Å². The minimum Gasteiger partial charge on any atom is -0.497 e. The molecule has 0 radical (unpaired) electrons. The third-order valence-corrected chi connectivity index (χ3v) is 7.52. The van der Waals surface area contributed by atoms with Crippen molar-refractivity contribution in [3.05, 3.63) is 59.1 Å². The van der Waals surface area contributed by atoms with E-state index >= 15 is 0 Å². The van der Waals surface area contributed by atoms with E-state index in [0.717, 1.165) is 65.8 Å². The molecule has 1 aromatic rings. The number of aliphatic imine (C=N–C) groups is 1. The third-order valence-electron chi connectivity index (χ3n) is 7.52. The number of urea groups is 1. The van der Waals surface area contributed by atoms with Crippen molar-refractivity contribution < 1.29 is 19.0 Å². The van der Waals surface area contributed by atoms with Gasteiger partial charge in [0.2, 0.25) is 0 Å². The van der Waals surface area contributed by atoms with Crippen molar-refractivity contribution in [3.8, 4) is 11.5 Å². The molecule has 8 heteroatoms. The smallest absolute Gasteiger partial charge is 0.329 e. The molecule has 1 aromatic carbocycles. The molecular weight excluding hydrogens is 468 g/mol. The van der Waals surface area contributed by atoms with Gasteiger partial charge in [-0.2, -0.15) is 0 Å². The van der Waals surface area contributed by atoms with Crippen LogP contribution in [0.1, 0.15) is 32.3 Å². The number of hydrogen-bond donors (Lipinski definition) is 0. The zero-order chi connectivity index (χ0) is 26.0. The zero-order valence-corrected chi connectivity index (χ0v) is 22.5. The largest absolute Gasteiger partial charge is 0.497 e. The van der Waals surface area contributed by atoms with E-state index < -0.39 is 0 Å². The van der Waals surface area contributed by atoms with Crippen LogP contribution in [0.25, 0.3) is 0 Å². The van der Waals surface area contributed by atoms with Crippen molar-refractivity contribution >= 4 is 11.7 Å². The first-order valence-electron chi connectivity index (χ1n) is 13.2. The van der Waals surface area contributed by atoms with E-state index in [1.165, 1.54) is 0 Å². The summed E-state index contributed by atoms with van der Waals surface area (Å²) in [5.41, 5.74) is 4.96. The van der Waals surface area contributed by atoms with Crippen LogP contribution in [0, 0.1) is 5.41 Å². The molecule has 0 spiro atoms. The van der Waals surface area contributed by atoms with Gasteiger partial charge in [-0.3, -0.25) is 14.8 Å². The Morgan fingerprint density at radius 3 is 2.46 bits per heavy atom. The molecule has 2 saturated heterocycles. The van der Waals surface area contributed by atoms with Crippen LogP contribution in [-0.4, -0.2) is 86.6 Å². The van der Waals surface area contributed by atoms with Crippen LogP contribution in [-0.2, 0) is 11.2 Å². The number of hydrogen-bond acceptors (Lipinski definition) is 6. The maximum atomic E-state index is 14.1. The summed E-state index contributed by atoms with van der Waals surface area (Å²) in [6, 6.07) is 5.90. The van der Waals surface area contributed by atoms with Gasteiger partial charge in [-0.15, -0.1) is 0 Å². The molecule has 4 aliphatic heterocycles. The highest BCUT2D eigenvalue weighted by atomic mass is 16.5. The number of carbonyl (C=O) groups excluding carboxylic acids is 1. The Morgan fingerprint density at radius 2 is 1.76 bits per heavy atom. The Labute approximate surface area is 219 Å². The molecule has 8 nitrogen and oxygen atoms in total. The second-order valence-corrected chi connectivity index (χ2v) is 10.7. The van der Waals surface area contributed by atoms with Gasteiger partial charge in [0.25, 0.3) is 0 Å². The lowest BCUT2D eigenvalue weighted by molar-refractivity contribution is 0.0552. The van der Waals surface area contributed by atoms with Crippen molar-refractivity contribution in [3.63, 3.8) is 0 Å². The molecule has 0 aliphatic carbocycles. The lowest BCUT2D eigenvalue weighted by Crippen LogP contribution is -2.53. The normalized spacial score (nSPS) is 21.5. The molecular formula is C29H38N4O4. The minimum absolute atomic E-state index is 0.0181. The highest BCUT2D eigenvalue weighted by molar-refractivity contribution is 6.18. The number of rotatable bonds is 6.